The molecule has 0 aromatic heterocycles. The second kappa shape index (κ2) is 13.2. The Morgan fingerprint density at radius 1 is 0.867 bits per heavy atom. The van der Waals surface area contributed by atoms with E-state index in [9.17, 15) is 9.59 Å². The molecule has 0 unspecified atom stereocenters. The van der Waals surface area contributed by atoms with Crippen LogP contribution in [-0.2, 0) is 14.3 Å². The smallest absolute Gasteiger partial charge is 0.410 e. The third kappa shape index (κ3) is 8.47. The molecule has 1 aliphatic rings. The zero-order chi connectivity index (χ0) is 22.6. The maximum atomic E-state index is 13.0. The first kappa shape index (κ1) is 26.8. The van der Waals surface area contributed by atoms with Gasteiger partial charge in [0, 0.05) is 25.9 Å². The van der Waals surface area contributed by atoms with Crippen molar-refractivity contribution in [2.75, 3.05) is 13.1 Å². The van der Waals surface area contributed by atoms with Crippen molar-refractivity contribution in [3.63, 3.8) is 0 Å². The number of amides is 1. The van der Waals surface area contributed by atoms with Crippen LogP contribution in [0, 0.1) is 5.41 Å². The fraction of sp³-hybridized carbons (Fsp3) is 0.920. The van der Waals surface area contributed by atoms with Gasteiger partial charge in [0.2, 0.25) is 0 Å². The van der Waals surface area contributed by atoms with Gasteiger partial charge in [-0.25, -0.2) is 4.79 Å². The van der Waals surface area contributed by atoms with Crippen molar-refractivity contribution < 1.29 is 19.1 Å². The lowest BCUT2D eigenvalue weighted by atomic mass is 9.86. The summed E-state index contributed by atoms with van der Waals surface area (Å²) >= 11 is 0. The third-order valence-electron chi connectivity index (χ3n) is 6.67. The standard InChI is InChI=1S/C25H47NO4/c1-7-11-16-25(17-12-8-2,18-13-9-3)30-23(28)26-19-14-21(15-20-26)29-22(27)24(5,6)10-4/h21H,7-20H2,1-6H3. The Morgan fingerprint density at radius 3 is 1.73 bits per heavy atom. The van der Waals surface area contributed by atoms with Crippen LogP contribution >= 0.6 is 0 Å². The molecule has 1 amide bonds. The van der Waals surface area contributed by atoms with Crippen LogP contribution in [0.15, 0.2) is 0 Å². The van der Waals surface area contributed by atoms with Crippen molar-refractivity contribution in [2.24, 2.45) is 5.41 Å². The SMILES string of the molecule is CCCCC(CCCC)(CCCC)OC(=O)N1CCC(OC(=O)C(C)(C)CC)CC1. The van der Waals surface area contributed by atoms with Gasteiger partial charge in [-0.1, -0.05) is 47.0 Å². The molecule has 176 valence electrons. The number of ether oxygens (including phenoxy) is 2. The first-order valence-corrected chi connectivity index (χ1v) is 12.4. The van der Waals surface area contributed by atoms with E-state index in [1.54, 1.807) is 0 Å². The number of carbonyl (C=O) groups is 2. The fourth-order valence-electron chi connectivity index (χ4n) is 3.89. The van der Waals surface area contributed by atoms with Gasteiger partial charge >= 0.3 is 12.1 Å². The van der Waals surface area contributed by atoms with E-state index >= 15 is 0 Å². The van der Waals surface area contributed by atoms with Crippen LogP contribution in [0.2, 0.25) is 0 Å². The molecule has 0 saturated carbocycles. The average molecular weight is 426 g/mol. The van der Waals surface area contributed by atoms with E-state index in [-0.39, 0.29) is 23.8 Å². The number of nitrogens with zero attached hydrogens (tertiary/aromatic N) is 1. The van der Waals surface area contributed by atoms with Gasteiger partial charge in [0.05, 0.1) is 5.41 Å². The van der Waals surface area contributed by atoms with E-state index in [2.05, 4.69) is 20.8 Å². The first-order valence-electron chi connectivity index (χ1n) is 12.4. The lowest BCUT2D eigenvalue weighted by Crippen LogP contribution is -2.46. The molecule has 0 aliphatic carbocycles. The summed E-state index contributed by atoms with van der Waals surface area (Å²) in [5, 5.41) is 0. The average Bonchev–Trinajstić information content (AvgIpc) is 2.75. The number of likely N-dealkylation sites (tertiary alicyclic amines) is 1. The van der Waals surface area contributed by atoms with Crippen molar-refractivity contribution in [1.29, 1.82) is 0 Å². The highest BCUT2D eigenvalue weighted by molar-refractivity contribution is 5.76. The van der Waals surface area contributed by atoms with Gasteiger partial charge in [0.25, 0.3) is 0 Å². The van der Waals surface area contributed by atoms with Crippen molar-refractivity contribution in [3.8, 4) is 0 Å². The molecule has 0 radical (unpaired) electrons. The lowest BCUT2D eigenvalue weighted by Gasteiger charge is -2.38. The highest BCUT2D eigenvalue weighted by Gasteiger charge is 2.36. The van der Waals surface area contributed by atoms with Crippen LogP contribution in [0.25, 0.3) is 0 Å². The van der Waals surface area contributed by atoms with E-state index in [1.807, 2.05) is 25.7 Å². The maximum absolute atomic E-state index is 13.0. The number of hydrogen-bond donors (Lipinski definition) is 0. The minimum Gasteiger partial charge on any atom is -0.462 e. The summed E-state index contributed by atoms with van der Waals surface area (Å²) in [4.78, 5) is 27.2. The maximum Gasteiger partial charge on any atom is 0.410 e. The topological polar surface area (TPSA) is 55.8 Å². The fourth-order valence-corrected chi connectivity index (χ4v) is 3.89. The number of rotatable bonds is 13. The Bertz CT molecular complexity index is 488. The highest BCUT2D eigenvalue weighted by atomic mass is 16.6. The molecule has 30 heavy (non-hydrogen) atoms. The Labute approximate surface area is 185 Å². The summed E-state index contributed by atoms with van der Waals surface area (Å²) in [6, 6.07) is 0. The molecule has 1 aliphatic heterocycles. The molecule has 1 rings (SSSR count). The molecule has 0 aromatic rings. The molecule has 5 heteroatoms. The summed E-state index contributed by atoms with van der Waals surface area (Å²) in [6.07, 6.45) is 11.3. The number of esters is 1. The summed E-state index contributed by atoms with van der Waals surface area (Å²) in [5.74, 6) is -0.135. The normalized spacial score (nSPS) is 15.9. The van der Waals surface area contributed by atoms with E-state index < -0.39 is 5.41 Å². The molecule has 0 spiro atoms. The van der Waals surface area contributed by atoms with E-state index in [4.69, 9.17) is 9.47 Å². The molecule has 0 bridgehead atoms. The second-order valence-electron chi connectivity index (χ2n) is 9.69. The Kier molecular flexibility index (Phi) is 11.8. The van der Waals surface area contributed by atoms with Crippen LogP contribution in [0.4, 0.5) is 4.79 Å². The molecule has 0 N–H and O–H groups in total. The van der Waals surface area contributed by atoms with Crippen molar-refractivity contribution in [1.82, 2.24) is 4.90 Å². The number of unbranched alkanes of at least 4 members (excludes halogenated alkanes) is 3. The van der Waals surface area contributed by atoms with Crippen LogP contribution in [0.5, 0.6) is 0 Å². The van der Waals surface area contributed by atoms with E-state index in [0.29, 0.717) is 25.9 Å². The zero-order valence-electron chi connectivity index (χ0n) is 20.6. The Hall–Kier alpha value is -1.26. The lowest BCUT2D eigenvalue weighted by molar-refractivity contribution is -0.161. The molecule has 1 heterocycles. The third-order valence-corrected chi connectivity index (χ3v) is 6.67. The predicted octanol–water partition coefficient (Wildman–Crippen LogP) is 6.88. The predicted molar refractivity (Wildman–Crippen MR) is 123 cm³/mol. The second-order valence-corrected chi connectivity index (χ2v) is 9.69. The number of carbonyl (C=O) groups excluding carboxylic acids is 2. The molecule has 0 aromatic carbocycles. The van der Waals surface area contributed by atoms with Gasteiger partial charge in [0.1, 0.15) is 11.7 Å². The quantitative estimate of drug-likeness (QED) is 0.302. The van der Waals surface area contributed by atoms with Gasteiger partial charge < -0.3 is 14.4 Å². The van der Waals surface area contributed by atoms with Crippen molar-refractivity contribution in [3.05, 3.63) is 0 Å². The first-order chi connectivity index (χ1) is 14.2. The molecule has 1 saturated heterocycles. The van der Waals surface area contributed by atoms with Crippen LogP contribution in [0.3, 0.4) is 0 Å². The summed E-state index contributed by atoms with van der Waals surface area (Å²) in [7, 11) is 0. The van der Waals surface area contributed by atoms with Crippen LogP contribution in [-0.4, -0.2) is 41.8 Å². The van der Waals surface area contributed by atoms with Crippen LogP contribution < -0.4 is 0 Å². The summed E-state index contributed by atoms with van der Waals surface area (Å²) in [6.45, 7) is 13.6. The number of hydrogen-bond acceptors (Lipinski definition) is 4. The van der Waals surface area contributed by atoms with Gasteiger partial charge in [-0.05, 0) is 58.8 Å². The van der Waals surface area contributed by atoms with Gasteiger partial charge in [-0.2, -0.15) is 0 Å². The number of piperidine rings is 1. The monoisotopic (exact) mass is 425 g/mol. The molecular formula is C25H47NO4. The molecule has 1 fully saturated rings. The highest BCUT2D eigenvalue weighted by Crippen LogP contribution is 2.33. The van der Waals surface area contributed by atoms with Crippen LogP contribution in [0.1, 0.15) is 119 Å². The van der Waals surface area contributed by atoms with Gasteiger partial charge in [-0.3, -0.25) is 4.79 Å². The molecular weight excluding hydrogens is 378 g/mol. The summed E-state index contributed by atoms with van der Waals surface area (Å²) < 4.78 is 12.0. The largest absolute Gasteiger partial charge is 0.462 e. The minimum atomic E-state index is -0.451. The summed E-state index contributed by atoms with van der Waals surface area (Å²) in [5.41, 5.74) is -0.777. The van der Waals surface area contributed by atoms with Gasteiger partial charge in [0.15, 0.2) is 0 Å². The Balaban J connectivity index is 2.68. The Morgan fingerprint density at radius 2 is 1.33 bits per heavy atom. The zero-order valence-corrected chi connectivity index (χ0v) is 20.6. The van der Waals surface area contributed by atoms with E-state index in [0.717, 1.165) is 64.2 Å². The van der Waals surface area contributed by atoms with E-state index in [1.165, 1.54) is 0 Å². The van der Waals surface area contributed by atoms with Gasteiger partial charge in [-0.15, -0.1) is 0 Å². The van der Waals surface area contributed by atoms with Crippen molar-refractivity contribution >= 4 is 12.1 Å². The minimum absolute atomic E-state index is 0.0996. The molecule has 5 nitrogen and oxygen atoms in total. The molecule has 0 atom stereocenters. The van der Waals surface area contributed by atoms with Crippen molar-refractivity contribution in [2.45, 2.75) is 130 Å².